The van der Waals surface area contributed by atoms with Crippen molar-refractivity contribution in [3.05, 3.63) is 44.8 Å². The van der Waals surface area contributed by atoms with Gasteiger partial charge in [-0.25, -0.2) is 4.98 Å². The first-order valence-corrected chi connectivity index (χ1v) is 6.17. The van der Waals surface area contributed by atoms with Crippen molar-refractivity contribution in [3.8, 4) is 5.75 Å². The van der Waals surface area contributed by atoms with Gasteiger partial charge in [-0.15, -0.1) is 11.3 Å². The lowest BCUT2D eigenvalue weighted by molar-refractivity contribution is 0.103. The average Bonchev–Trinajstić information content (AvgIpc) is 2.75. The Balaban J connectivity index is 2.41. The first kappa shape index (κ1) is 11.3. The quantitative estimate of drug-likeness (QED) is 0.817. The highest BCUT2D eigenvalue weighted by molar-refractivity contribution is 9.10. The molecule has 0 atom stereocenters. The molecular formula is C11H8BrNO2S. The van der Waals surface area contributed by atoms with Gasteiger partial charge < -0.3 is 4.74 Å². The molecule has 0 aromatic carbocycles. The van der Waals surface area contributed by atoms with Gasteiger partial charge in [0.05, 0.1) is 12.0 Å². The summed E-state index contributed by atoms with van der Waals surface area (Å²) in [5.41, 5.74) is 0.347. The Bertz CT molecular complexity index is 524. The predicted octanol–water partition coefficient (Wildman–Crippen LogP) is 3.15. The second-order valence-electron chi connectivity index (χ2n) is 3.01. The van der Waals surface area contributed by atoms with Crippen molar-refractivity contribution in [1.29, 1.82) is 0 Å². The summed E-state index contributed by atoms with van der Waals surface area (Å²) in [5, 5.41) is 1.86. The van der Waals surface area contributed by atoms with E-state index >= 15 is 0 Å². The molecule has 0 aliphatic rings. The van der Waals surface area contributed by atoms with E-state index in [-0.39, 0.29) is 5.78 Å². The van der Waals surface area contributed by atoms with Gasteiger partial charge >= 0.3 is 0 Å². The fraction of sp³-hybridized carbons (Fsp3) is 0.0909. The van der Waals surface area contributed by atoms with E-state index in [2.05, 4.69) is 20.9 Å². The number of aromatic nitrogens is 1. The molecule has 0 saturated heterocycles. The molecule has 0 aliphatic heterocycles. The van der Waals surface area contributed by atoms with E-state index in [0.717, 1.165) is 4.47 Å². The second-order valence-corrected chi connectivity index (χ2v) is 4.84. The van der Waals surface area contributed by atoms with Gasteiger partial charge in [-0.05, 0) is 34.1 Å². The van der Waals surface area contributed by atoms with Crippen LogP contribution in [0.2, 0.25) is 0 Å². The monoisotopic (exact) mass is 297 g/mol. The minimum absolute atomic E-state index is 0.117. The molecule has 2 heterocycles. The molecule has 0 unspecified atom stereocenters. The molecular weight excluding hydrogens is 290 g/mol. The van der Waals surface area contributed by atoms with E-state index in [4.69, 9.17) is 4.74 Å². The molecule has 0 fully saturated rings. The fourth-order valence-electron chi connectivity index (χ4n) is 1.27. The van der Waals surface area contributed by atoms with Crippen molar-refractivity contribution in [3.63, 3.8) is 0 Å². The number of halogens is 1. The van der Waals surface area contributed by atoms with Gasteiger partial charge in [-0.3, -0.25) is 4.79 Å². The van der Waals surface area contributed by atoms with Crippen molar-refractivity contribution in [1.82, 2.24) is 4.98 Å². The van der Waals surface area contributed by atoms with Crippen LogP contribution >= 0.6 is 27.3 Å². The third-order valence-electron chi connectivity index (χ3n) is 2.00. The van der Waals surface area contributed by atoms with Gasteiger partial charge in [-0.1, -0.05) is 0 Å². The predicted molar refractivity (Wildman–Crippen MR) is 66.2 cm³/mol. The first-order chi connectivity index (χ1) is 7.72. The zero-order chi connectivity index (χ0) is 11.5. The van der Waals surface area contributed by atoms with E-state index in [1.807, 2.05) is 5.38 Å². The molecule has 2 aromatic heterocycles. The molecule has 0 aliphatic carbocycles. The molecule has 0 saturated carbocycles. The average molecular weight is 298 g/mol. The summed E-state index contributed by atoms with van der Waals surface area (Å²) in [4.78, 5) is 16.8. The summed E-state index contributed by atoms with van der Waals surface area (Å²) in [5.74, 6) is 0.380. The highest BCUT2D eigenvalue weighted by atomic mass is 79.9. The Labute approximate surface area is 105 Å². The number of carbonyl (C=O) groups is 1. The Hall–Kier alpha value is -1.20. The molecule has 0 amide bonds. The molecule has 2 rings (SSSR count). The number of ketones is 1. The van der Waals surface area contributed by atoms with Crippen LogP contribution in [0.1, 0.15) is 15.4 Å². The maximum absolute atomic E-state index is 12.1. The van der Waals surface area contributed by atoms with Crippen LogP contribution in [0.4, 0.5) is 0 Å². The lowest BCUT2D eigenvalue weighted by atomic mass is 10.2. The summed E-state index contributed by atoms with van der Waals surface area (Å²) >= 11 is 4.69. The number of pyridine rings is 1. The van der Waals surface area contributed by atoms with Crippen molar-refractivity contribution in [2.75, 3.05) is 7.11 Å². The summed E-state index contributed by atoms with van der Waals surface area (Å²) in [6, 6.07) is 5.24. The third kappa shape index (κ3) is 2.15. The van der Waals surface area contributed by atoms with Crippen LogP contribution in [0.15, 0.2) is 34.2 Å². The Morgan fingerprint density at radius 1 is 1.56 bits per heavy atom. The van der Waals surface area contributed by atoms with Crippen molar-refractivity contribution in [2.24, 2.45) is 0 Å². The summed E-state index contributed by atoms with van der Waals surface area (Å²) in [6.45, 7) is 0. The maximum atomic E-state index is 12.1. The molecule has 16 heavy (non-hydrogen) atoms. The summed E-state index contributed by atoms with van der Waals surface area (Å²) < 4.78 is 6.00. The van der Waals surface area contributed by atoms with Crippen molar-refractivity contribution in [2.45, 2.75) is 0 Å². The normalized spacial score (nSPS) is 10.1. The Kier molecular flexibility index (Phi) is 3.36. The standard InChI is InChI=1S/C11H8BrNO2S/c1-15-8-3-2-4-13-10(8)11(14)9-5-7(12)6-16-9/h2-6H,1H3. The van der Waals surface area contributed by atoms with E-state index in [0.29, 0.717) is 16.3 Å². The molecule has 0 radical (unpaired) electrons. The van der Waals surface area contributed by atoms with Gasteiger partial charge in [0.25, 0.3) is 0 Å². The molecule has 82 valence electrons. The zero-order valence-electron chi connectivity index (χ0n) is 8.44. The minimum atomic E-state index is -0.117. The fourth-order valence-corrected chi connectivity index (χ4v) is 2.64. The molecule has 5 heteroatoms. The van der Waals surface area contributed by atoms with Crippen LogP contribution in [0.25, 0.3) is 0 Å². The van der Waals surface area contributed by atoms with Crippen LogP contribution in [0, 0.1) is 0 Å². The number of nitrogens with zero attached hydrogens (tertiary/aromatic N) is 1. The SMILES string of the molecule is COc1cccnc1C(=O)c1cc(Br)cs1. The van der Waals surface area contributed by atoms with Crippen LogP contribution < -0.4 is 4.74 Å². The lowest BCUT2D eigenvalue weighted by Gasteiger charge is -2.04. The summed E-state index contributed by atoms with van der Waals surface area (Å²) in [7, 11) is 1.53. The molecule has 2 aromatic rings. The maximum Gasteiger partial charge on any atom is 0.225 e. The highest BCUT2D eigenvalue weighted by Crippen LogP contribution is 2.25. The lowest BCUT2D eigenvalue weighted by Crippen LogP contribution is -2.04. The van der Waals surface area contributed by atoms with Gasteiger partial charge in [-0.2, -0.15) is 0 Å². The van der Waals surface area contributed by atoms with Gasteiger partial charge in [0.2, 0.25) is 5.78 Å². The van der Waals surface area contributed by atoms with Crippen LogP contribution in [0.5, 0.6) is 5.75 Å². The van der Waals surface area contributed by atoms with Crippen LogP contribution in [-0.2, 0) is 0 Å². The Morgan fingerprint density at radius 3 is 3.00 bits per heavy atom. The first-order valence-electron chi connectivity index (χ1n) is 4.50. The number of ether oxygens (including phenoxy) is 1. The number of hydrogen-bond acceptors (Lipinski definition) is 4. The van der Waals surface area contributed by atoms with E-state index in [9.17, 15) is 4.79 Å². The summed E-state index contributed by atoms with van der Waals surface area (Å²) in [6.07, 6.45) is 1.58. The number of thiophene rings is 1. The van der Waals surface area contributed by atoms with E-state index in [1.165, 1.54) is 18.4 Å². The second kappa shape index (κ2) is 4.76. The van der Waals surface area contributed by atoms with Crippen molar-refractivity contribution < 1.29 is 9.53 Å². The number of methoxy groups -OCH3 is 1. The minimum Gasteiger partial charge on any atom is -0.494 e. The number of hydrogen-bond donors (Lipinski definition) is 0. The largest absolute Gasteiger partial charge is 0.494 e. The van der Waals surface area contributed by atoms with Crippen LogP contribution in [-0.4, -0.2) is 17.9 Å². The smallest absolute Gasteiger partial charge is 0.225 e. The molecule has 0 spiro atoms. The van der Waals surface area contributed by atoms with Gasteiger partial charge in [0, 0.05) is 16.0 Å². The Morgan fingerprint density at radius 2 is 2.38 bits per heavy atom. The molecule has 0 N–H and O–H groups in total. The van der Waals surface area contributed by atoms with E-state index in [1.54, 1.807) is 24.4 Å². The zero-order valence-corrected chi connectivity index (χ0v) is 10.8. The number of carbonyl (C=O) groups excluding carboxylic acids is 1. The van der Waals surface area contributed by atoms with Gasteiger partial charge in [0.1, 0.15) is 5.75 Å². The highest BCUT2D eigenvalue weighted by Gasteiger charge is 2.17. The van der Waals surface area contributed by atoms with Crippen LogP contribution in [0.3, 0.4) is 0 Å². The molecule has 3 nitrogen and oxygen atoms in total. The molecule has 0 bridgehead atoms. The number of rotatable bonds is 3. The van der Waals surface area contributed by atoms with Crippen molar-refractivity contribution >= 4 is 33.0 Å². The topological polar surface area (TPSA) is 39.2 Å². The van der Waals surface area contributed by atoms with E-state index < -0.39 is 0 Å². The third-order valence-corrected chi connectivity index (χ3v) is 3.69. The van der Waals surface area contributed by atoms with Gasteiger partial charge in [0.15, 0.2) is 5.69 Å².